The van der Waals surface area contributed by atoms with Crippen molar-refractivity contribution in [2.75, 3.05) is 6.61 Å². The number of aromatic nitrogens is 2. The van der Waals surface area contributed by atoms with E-state index in [1.165, 1.54) is 0 Å². The fraction of sp³-hybridized carbons (Fsp3) is 0.250. The van der Waals surface area contributed by atoms with Crippen LogP contribution in [0, 0.1) is 0 Å². The minimum Gasteiger partial charge on any atom is -0.396 e. The molecule has 0 saturated heterocycles. The summed E-state index contributed by atoms with van der Waals surface area (Å²) in [7, 11) is 0. The summed E-state index contributed by atoms with van der Waals surface area (Å²) in [5.41, 5.74) is 2.10. The molecule has 0 aliphatic heterocycles. The van der Waals surface area contributed by atoms with Gasteiger partial charge in [-0.2, -0.15) is 0 Å². The largest absolute Gasteiger partial charge is 0.396 e. The highest BCUT2D eigenvalue weighted by Gasteiger charge is 2.05. The summed E-state index contributed by atoms with van der Waals surface area (Å²) in [4.78, 5) is 7.54. The van der Waals surface area contributed by atoms with Gasteiger partial charge in [0.1, 0.15) is 5.82 Å². The maximum absolute atomic E-state index is 8.75. The number of nitrogens with zero attached hydrogens (tertiary/aromatic N) is 1. The molecule has 84 valence electrons. The lowest BCUT2D eigenvalue weighted by Crippen LogP contribution is -1.91. The highest BCUT2D eigenvalue weighted by atomic mass is 79.9. The first kappa shape index (κ1) is 11.4. The molecule has 0 radical (unpaired) electrons. The van der Waals surface area contributed by atoms with E-state index in [4.69, 9.17) is 5.11 Å². The zero-order valence-corrected chi connectivity index (χ0v) is 10.4. The van der Waals surface area contributed by atoms with Crippen LogP contribution in [0.5, 0.6) is 0 Å². The molecule has 1 aromatic carbocycles. The number of hydrogen-bond acceptors (Lipinski definition) is 2. The summed E-state index contributed by atoms with van der Waals surface area (Å²) >= 11 is 3.51. The first-order chi connectivity index (χ1) is 7.81. The summed E-state index contributed by atoms with van der Waals surface area (Å²) < 4.78 is 1.05. The Morgan fingerprint density at radius 3 is 2.88 bits per heavy atom. The molecule has 0 aliphatic rings. The number of imidazole rings is 1. The molecule has 1 heterocycles. The molecule has 0 amide bonds. The number of aryl methyl sites for hydroxylation is 1. The smallest absolute Gasteiger partial charge is 0.106 e. The molecule has 0 bridgehead atoms. The fourth-order valence-corrected chi connectivity index (χ4v) is 2.05. The lowest BCUT2D eigenvalue weighted by atomic mass is 10.2. The van der Waals surface area contributed by atoms with Crippen LogP contribution >= 0.6 is 15.9 Å². The van der Waals surface area contributed by atoms with Crippen LogP contribution in [0.1, 0.15) is 12.2 Å². The summed E-state index contributed by atoms with van der Waals surface area (Å²) in [5.74, 6) is 0.916. The first-order valence-corrected chi connectivity index (χ1v) is 6.00. The van der Waals surface area contributed by atoms with E-state index in [2.05, 4.69) is 25.9 Å². The van der Waals surface area contributed by atoms with Gasteiger partial charge in [-0.25, -0.2) is 4.98 Å². The normalized spacial score (nSPS) is 10.6. The maximum atomic E-state index is 8.75. The average molecular weight is 281 g/mol. The van der Waals surface area contributed by atoms with E-state index in [-0.39, 0.29) is 6.61 Å². The van der Waals surface area contributed by atoms with Gasteiger partial charge in [0, 0.05) is 23.1 Å². The predicted molar refractivity (Wildman–Crippen MR) is 67.1 cm³/mol. The van der Waals surface area contributed by atoms with Gasteiger partial charge in [-0.05, 0) is 12.5 Å². The van der Waals surface area contributed by atoms with Gasteiger partial charge in [0.2, 0.25) is 0 Å². The van der Waals surface area contributed by atoms with Crippen molar-refractivity contribution in [1.29, 1.82) is 0 Å². The second-order valence-electron chi connectivity index (χ2n) is 3.55. The Labute approximate surface area is 103 Å². The molecule has 16 heavy (non-hydrogen) atoms. The molecule has 2 aromatic rings. The van der Waals surface area contributed by atoms with Crippen molar-refractivity contribution < 1.29 is 5.11 Å². The quantitative estimate of drug-likeness (QED) is 0.905. The number of aliphatic hydroxyl groups excluding tert-OH is 1. The summed E-state index contributed by atoms with van der Waals surface area (Å²) in [6.45, 7) is 0.199. The Hall–Kier alpha value is -1.13. The van der Waals surface area contributed by atoms with Gasteiger partial charge < -0.3 is 10.1 Å². The van der Waals surface area contributed by atoms with Crippen LogP contribution in [0.3, 0.4) is 0 Å². The Bertz CT molecular complexity index is 468. The number of aliphatic hydroxyl groups is 1. The number of halogens is 1. The van der Waals surface area contributed by atoms with Crippen molar-refractivity contribution >= 4 is 15.9 Å². The van der Waals surface area contributed by atoms with Crippen molar-refractivity contribution in [3.8, 4) is 11.3 Å². The molecule has 3 nitrogen and oxygen atoms in total. The van der Waals surface area contributed by atoms with E-state index in [0.717, 1.165) is 34.4 Å². The standard InChI is InChI=1S/C12H13BrN2O/c13-10-5-2-1-4-9(10)11-8-14-12(15-11)6-3-7-16/h1-2,4-5,8,16H,3,6-7H2,(H,14,15). The van der Waals surface area contributed by atoms with Gasteiger partial charge in [-0.1, -0.05) is 34.1 Å². The molecule has 1 aromatic heterocycles. The second kappa shape index (κ2) is 5.27. The molecule has 0 spiro atoms. The number of hydrogen-bond donors (Lipinski definition) is 2. The lowest BCUT2D eigenvalue weighted by Gasteiger charge is -2.00. The van der Waals surface area contributed by atoms with Crippen molar-refractivity contribution in [3.05, 3.63) is 40.8 Å². The van der Waals surface area contributed by atoms with E-state index in [1.54, 1.807) is 0 Å². The van der Waals surface area contributed by atoms with Crippen molar-refractivity contribution in [2.45, 2.75) is 12.8 Å². The number of benzene rings is 1. The van der Waals surface area contributed by atoms with Crippen molar-refractivity contribution in [1.82, 2.24) is 9.97 Å². The van der Waals surface area contributed by atoms with Crippen LogP contribution in [-0.2, 0) is 6.42 Å². The predicted octanol–water partition coefficient (Wildman–Crippen LogP) is 2.76. The third-order valence-corrected chi connectivity index (χ3v) is 3.06. The topological polar surface area (TPSA) is 48.9 Å². The third kappa shape index (κ3) is 2.51. The van der Waals surface area contributed by atoms with Crippen molar-refractivity contribution in [3.63, 3.8) is 0 Å². The molecule has 0 unspecified atom stereocenters. The van der Waals surface area contributed by atoms with E-state index in [0.29, 0.717) is 0 Å². The Morgan fingerprint density at radius 1 is 1.31 bits per heavy atom. The van der Waals surface area contributed by atoms with Crippen LogP contribution in [0.25, 0.3) is 11.3 Å². The lowest BCUT2D eigenvalue weighted by molar-refractivity contribution is 0.287. The molecule has 4 heteroatoms. The van der Waals surface area contributed by atoms with Gasteiger partial charge in [0.15, 0.2) is 0 Å². The van der Waals surface area contributed by atoms with E-state index >= 15 is 0 Å². The summed E-state index contributed by atoms with van der Waals surface area (Å²) in [6.07, 6.45) is 3.34. The molecule has 0 fully saturated rings. The summed E-state index contributed by atoms with van der Waals surface area (Å²) in [5, 5.41) is 8.75. The molecule has 2 N–H and O–H groups in total. The Kier molecular flexibility index (Phi) is 3.74. The number of aromatic amines is 1. The van der Waals surface area contributed by atoms with Crippen LogP contribution in [0.15, 0.2) is 34.9 Å². The maximum Gasteiger partial charge on any atom is 0.106 e. The van der Waals surface area contributed by atoms with Crippen LogP contribution in [0.4, 0.5) is 0 Å². The minimum absolute atomic E-state index is 0.199. The molecule has 2 rings (SSSR count). The van der Waals surface area contributed by atoms with Crippen LogP contribution in [0.2, 0.25) is 0 Å². The summed E-state index contributed by atoms with van der Waals surface area (Å²) in [6, 6.07) is 8.02. The van der Waals surface area contributed by atoms with Gasteiger partial charge in [-0.15, -0.1) is 0 Å². The molecular weight excluding hydrogens is 268 g/mol. The van der Waals surface area contributed by atoms with E-state index in [9.17, 15) is 0 Å². The number of H-pyrrole nitrogens is 1. The van der Waals surface area contributed by atoms with Crippen LogP contribution in [-0.4, -0.2) is 21.7 Å². The third-order valence-electron chi connectivity index (χ3n) is 2.36. The van der Waals surface area contributed by atoms with Gasteiger partial charge in [-0.3, -0.25) is 0 Å². The molecular formula is C12H13BrN2O. The van der Waals surface area contributed by atoms with E-state index < -0.39 is 0 Å². The molecule has 0 aliphatic carbocycles. The highest BCUT2D eigenvalue weighted by molar-refractivity contribution is 9.10. The van der Waals surface area contributed by atoms with E-state index in [1.807, 2.05) is 30.5 Å². The Balaban J connectivity index is 2.22. The zero-order valence-electron chi connectivity index (χ0n) is 8.78. The molecule has 0 saturated carbocycles. The minimum atomic E-state index is 0.199. The Morgan fingerprint density at radius 2 is 2.12 bits per heavy atom. The number of rotatable bonds is 4. The van der Waals surface area contributed by atoms with Crippen molar-refractivity contribution in [2.24, 2.45) is 0 Å². The second-order valence-corrected chi connectivity index (χ2v) is 4.40. The van der Waals surface area contributed by atoms with Gasteiger partial charge >= 0.3 is 0 Å². The van der Waals surface area contributed by atoms with Gasteiger partial charge in [0.05, 0.1) is 11.9 Å². The average Bonchev–Trinajstić information content (AvgIpc) is 2.75. The molecule has 0 atom stereocenters. The van der Waals surface area contributed by atoms with Gasteiger partial charge in [0.25, 0.3) is 0 Å². The fourth-order valence-electron chi connectivity index (χ4n) is 1.55. The monoisotopic (exact) mass is 280 g/mol. The highest BCUT2D eigenvalue weighted by Crippen LogP contribution is 2.26. The van der Waals surface area contributed by atoms with Crippen LogP contribution < -0.4 is 0 Å². The first-order valence-electron chi connectivity index (χ1n) is 5.21. The number of nitrogens with one attached hydrogen (secondary N) is 1. The SMILES string of the molecule is OCCCc1ncc(-c2ccccc2Br)[nH]1. The zero-order chi connectivity index (χ0) is 11.4.